The maximum absolute atomic E-state index is 11.4. The van der Waals surface area contributed by atoms with E-state index < -0.39 is 5.60 Å². The van der Waals surface area contributed by atoms with Gasteiger partial charge in [-0.1, -0.05) is 25.1 Å². The number of carbonyl (C=O) groups is 1. The summed E-state index contributed by atoms with van der Waals surface area (Å²) in [5.41, 5.74) is 0.171. The van der Waals surface area contributed by atoms with Crippen molar-refractivity contribution in [3.05, 3.63) is 35.9 Å². The summed E-state index contributed by atoms with van der Waals surface area (Å²) in [7, 11) is 0. The van der Waals surface area contributed by atoms with Gasteiger partial charge >= 0.3 is 5.97 Å². The molecule has 0 spiro atoms. The van der Waals surface area contributed by atoms with E-state index in [1.165, 1.54) is 0 Å². The predicted octanol–water partition coefficient (Wildman–Crippen LogP) is 2.25. The minimum Gasteiger partial charge on any atom is -0.456 e. The molecule has 0 fully saturated rings. The smallest absolute Gasteiger partial charge is 0.338 e. The van der Waals surface area contributed by atoms with Gasteiger partial charge in [0, 0.05) is 19.1 Å². The van der Waals surface area contributed by atoms with Gasteiger partial charge in [-0.25, -0.2) is 4.79 Å². The molecule has 0 radical (unpaired) electrons. The first-order valence-electron chi connectivity index (χ1n) is 6.30. The summed E-state index contributed by atoms with van der Waals surface area (Å²) in [6, 6.07) is 8.99. The molecule has 0 aliphatic carbocycles. The number of hydrogen-bond acceptors (Lipinski definition) is 4. The van der Waals surface area contributed by atoms with Crippen LogP contribution >= 0.6 is 0 Å². The first-order valence-corrected chi connectivity index (χ1v) is 6.30. The second-order valence-electron chi connectivity index (χ2n) is 5.34. The fraction of sp³-hybridized carbons (Fsp3) is 0.533. The normalized spacial score (nSPS) is 10.7. The highest BCUT2D eigenvalue weighted by atomic mass is 16.6. The van der Waals surface area contributed by atoms with Crippen LogP contribution in [-0.2, 0) is 4.74 Å². The lowest BCUT2D eigenvalue weighted by molar-refractivity contribution is 0.00695. The Balaban J connectivity index is 0.000000459. The SMILES string of the molecule is CC(C)(C)OC(=O)c1ccccc1.CC(CO)CO. The van der Waals surface area contributed by atoms with Gasteiger partial charge in [0.25, 0.3) is 0 Å². The average Bonchev–Trinajstić information content (AvgIpc) is 2.37. The Morgan fingerprint density at radius 1 is 1.16 bits per heavy atom. The van der Waals surface area contributed by atoms with Gasteiger partial charge in [-0.05, 0) is 32.9 Å². The quantitative estimate of drug-likeness (QED) is 0.825. The summed E-state index contributed by atoms with van der Waals surface area (Å²) in [5, 5.41) is 16.3. The molecular weight excluding hydrogens is 244 g/mol. The lowest BCUT2D eigenvalue weighted by atomic mass is 10.2. The van der Waals surface area contributed by atoms with Crippen LogP contribution in [0, 0.1) is 5.92 Å². The van der Waals surface area contributed by atoms with Crippen LogP contribution in [0.1, 0.15) is 38.1 Å². The number of benzene rings is 1. The number of aliphatic hydroxyl groups is 2. The highest BCUT2D eigenvalue weighted by Gasteiger charge is 2.16. The van der Waals surface area contributed by atoms with Crippen molar-refractivity contribution in [3.8, 4) is 0 Å². The fourth-order valence-electron chi connectivity index (χ4n) is 0.969. The van der Waals surface area contributed by atoms with Gasteiger partial charge in [-0.3, -0.25) is 0 Å². The first kappa shape index (κ1) is 17.6. The van der Waals surface area contributed by atoms with Crippen LogP contribution in [0.4, 0.5) is 0 Å². The lowest BCUT2D eigenvalue weighted by Crippen LogP contribution is -2.23. The number of ether oxygens (including phenoxy) is 1. The zero-order valence-corrected chi connectivity index (χ0v) is 12.1. The van der Waals surface area contributed by atoms with Crippen LogP contribution in [0.3, 0.4) is 0 Å². The number of carbonyl (C=O) groups excluding carboxylic acids is 1. The van der Waals surface area contributed by atoms with Crippen LogP contribution in [0.15, 0.2) is 30.3 Å². The fourth-order valence-corrected chi connectivity index (χ4v) is 0.969. The minimum atomic E-state index is -0.424. The molecule has 0 amide bonds. The number of esters is 1. The molecule has 4 nitrogen and oxygen atoms in total. The topological polar surface area (TPSA) is 66.8 Å². The van der Waals surface area contributed by atoms with E-state index in [9.17, 15) is 4.79 Å². The molecule has 0 heterocycles. The molecule has 1 aromatic rings. The highest BCUT2D eigenvalue weighted by molar-refractivity contribution is 5.89. The Hall–Kier alpha value is -1.39. The molecule has 1 rings (SSSR count). The van der Waals surface area contributed by atoms with Crippen LogP contribution in [0.5, 0.6) is 0 Å². The van der Waals surface area contributed by atoms with E-state index in [1.54, 1.807) is 19.1 Å². The Bertz CT molecular complexity index is 350. The van der Waals surface area contributed by atoms with Crippen molar-refractivity contribution in [1.29, 1.82) is 0 Å². The number of aliphatic hydroxyl groups excluding tert-OH is 2. The molecule has 0 bridgehead atoms. The van der Waals surface area contributed by atoms with Gasteiger partial charge in [0.15, 0.2) is 0 Å². The van der Waals surface area contributed by atoms with Crippen LogP contribution in [0.25, 0.3) is 0 Å². The largest absolute Gasteiger partial charge is 0.456 e. The van der Waals surface area contributed by atoms with Crippen molar-refractivity contribution in [1.82, 2.24) is 0 Å². The summed E-state index contributed by atoms with van der Waals surface area (Å²) in [5.74, 6) is -0.224. The second-order valence-corrected chi connectivity index (χ2v) is 5.34. The molecular formula is C15H24O4. The molecule has 4 heteroatoms. The van der Waals surface area contributed by atoms with Gasteiger partial charge in [-0.15, -0.1) is 0 Å². The summed E-state index contributed by atoms with van der Waals surface area (Å²) >= 11 is 0. The molecule has 0 atom stereocenters. The van der Waals surface area contributed by atoms with E-state index >= 15 is 0 Å². The standard InChI is InChI=1S/C11H14O2.C4H10O2/c1-11(2,3)13-10(12)9-7-5-4-6-8-9;1-4(2-5)3-6/h4-8H,1-3H3;4-6H,2-3H2,1H3. The van der Waals surface area contributed by atoms with Crippen LogP contribution < -0.4 is 0 Å². The summed E-state index contributed by atoms with van der Waals surface area (Å²) in [6.45, 7) is 7.50. The summed E-state index contributed by atoms with van der Waals surface area (Å²) in [4.78, 5) is 11.4. The maximum Gasteiger partial charge on any atom is 0.338 e. The average molecular weight is 268 g/mol. The van der Waals surface area contributed by atoms with Gasteiger partial charge in [-0.2, -0.15) is 0 Å². The second kappa shape index (κ2) is 8.67. The lowest BCUT2D eigenvalue weighted by Gasteiger charge is -2.19. The predicted molar refractivity (Wildman–Crippen MR) is 74.9 cm³/mol. The monoisotopic (exact) mass is 268 g/mol. The molecule has 0 aromatic heterocycles. The Morgan fingerprint density at radius 2 is 1.63 bits per heavy atom. The highest BCUT2D eigenvalue weighted by Crippen LogP contribution is 2.11. The third-order valence-corrected chi connectivity index (χ3v) is 2.03. The third-order valence-electron chi connectivity index (χ3n) is 2.03. The maximum atomic E-state index is 11.4. The molecule has 0 aliphatic rings. The van der Waals surface area contributed by atoms with Gasteiger partial charge in [0.2, 0.25) is 0 Å². The Labute approximate surface area is 115 Å². The van der Waals surface area contributed by atoms with Crippen molar-refractivity contribution in [3.63, 3.8) is 0 Å². The van der Waals surface area contributed by atoms with Crippen molar-refractivity contribution in [2.24, 2.45) is 5.92 Å². The molecule has 0 saturated carbocycles. The zero-order chi connectivity index (χ0) is 14.9. The van der Waals surface area contributed by atoms with E-state index in [1.807, 2.05) is 39.0 Å². The van der Waals surface area contributed by atoms with E-state index in [2.05, 4.69) is 0 Å². The van der Waals surface area contributed by atoms with E-state index in [4.69, 9.17) is 14.9 Å². The van der Waals surface area contributed by atoms with E-state index in [0.717, 1.165) is 0 Å². The Kier molecular flexibility index (Phi) is 8.03. The van der Waals surface area contributed by atoms with Crippen molar-refractivity contribution in [2.75, 3.05) is 13.2 Å². The molecule has 2 N–H and O–H groups in total. The van der Waals surface area contributed by atoms with Gasteiger partial charge in [0.05, 0.1) is 5.56 Å². The molecule has 0 unspecified atom stereocenters. The van der Waals surface area contributed by atoms with Crippen molar-refractivity contribution in [2.45, 2.75) is 33.3 Å². The molecule has 108 valence electrons. The van der Waals surface area contributed by atoms with Crippen molar-refractivity contribution >= 4 is 5.97 Å². The minimum absolute atomic E-state index is 0.0463. The van der Waals surface area contributed by atoms with E-state index in [0.29, 0.717) is 5.56 Å². The summed E-state index contributed by atoms with van der Waals surface area (Å²) < 4.78 is 5.18. The van der Waals surface area contributed by atoms with E-state index in [-0.39, 0.29) is 25.1 Å². The third kappa shape index (κ3) is 9.22. The first-order chi connectivity index (χ1) is 8.80. The molecule has 0 saturated heterocycles. The van der Waals surface area contributed by atoms with Crippen LogP contribution in [0.2, 0.25) is 0 Å². The molecule has 19 heavy (non-hydrogen) atoms. The molecule has 1 aromatic carbocycles. The van der Waals surface area contributed by atoms with Crippen LogP contribution in [-0.4, -0.2) is 35.0 Å². The summed E-state index contributed by atoms with van der Waals surface area (Å²) in [6.07, 6.45) is 0. The van der Waals surface area contributed by atoms with Gasteiger partial charge < -0.3 is 14.9 Å². The number of rotatable bonds is 3. The molecule has 0 aliphatic heterocycles. The zero-order valence-electron chi connectivity index (χ0n) is 12.1. The number of hydrogen-bond donors (Lipinski definition) is 2. The van der Waals surface area contributed by atoms with Crippen molar-refractivity contribution < 1.29 is 19.7 Å². The van der Waals surface area contributed by atoms with Gasteiger partial charge in [0.1, 0.15) is 5.60 Å². The Morgan fingerprint density at radius 3 is 1.95 bits per heavy atom.